The third-order valence-electron chi connectivity index (χ3n) is 5.03. The van der Waals surface area contributed by atoms with Gasteiger partial charge in [-0.1, -0.05) is 24.3 Å². The maximum Gasteiger partial charge on any atom is 0.310 e. The van der Waals surface area contributed by atoms with Crippen molar-refractivity contribution < 1.29 is 27.5 Å². The summed E-state index contributed by atoms with van der Waals surface area (Å²) in [6.45, 7) is 5.55. The predicted molar refractivity (Wildman–Crippen MR) is 134 cm³/mol. The van der Waals surface area contributed by atoms with Crippen LogP contribution in [0.5, 0.6) is 5.75 Å². The number of benzene rings is 3. The minimum atomic E-state index is -3.77. The maximum atomic E-state index is 12.7. The Morgan fingerprint density at radius 1 is 0.914 bits per heavy atom. The highest BCUT2D eigenvalue weighted by atomic mass is 32.2. The van der Waals surface area contributed by atoms with Crippen LogP contribution in [-0.2, 0) is 30.8 Å². The zero-order valence-corrected chi connectivity index (χ0v) is 20.6. The molecule has 0 unspecified atom stereocenters. The van der Waals surface area contributed by atoms with Crippen molar-refractivity contribution in [2.24, 2.45) is 0 Å². The van der Waals surface area contributed by atoms with Gasteiger partial charge in [-0.3, -0.25) is 14.3 Å². The first-order chi connectivity index (χ1) is 16.7. The van der Waals surface area contributed by atoms with E-state index in [1.54, 1.807) is 37.3 Å². The highest BCUT2D eigenvalue weighted by Gasteiger charge is 2.16. The Hall–Kier alpha value is -3.85. The van der Waals surface area contributed by atoms with Gasteiger partial charge in [0.15, 0.2) is 6.61 Å². The minimum absolute atomic E-state index is 0.0816. The van der Waals surface area contributed by atoms with Gasteiger partial charge in [-0.05, 0) is 79.9 Å². The lowest BCUT2D eigenvalue weighted by Gasteiger charge is -2.12. The number of nitrogens with one attached hydrogen (secondary N) is 2. The zero-order chi connectivity index (χ0) is 25.4. The number of carbonyl (C=O) groups is 2. The molecule has 0 heterocycles. The van der Waals surface area contributed by atoms with Crippen LogP contribution >= 0.6 is 0 Å². The molecule has 0 atom stereocenters. The van der Waals surface area contributed by atoms with E-state index in [1.807, 2.05) is 26.0 Å². The van der Waals surface area contributed by atoms with E-state index in [1.165, 1.54) is 24.3 Å². The highest BCUT2D eigenvalue weighted by molar-refractivity contribution is 7.92. The number of esters is 1. The first kappa shape index (κ1) is 25.8. The van der Waals surface area contributed by atoms with E-state index in [4.69, 9.17) is 9.47 Å². The molecule has 8 nitrogen and oxygen atoms in total. The van der Waals surface area contributed by atoms with Crippen LogP contribution in [0.15, 0.2) is 71.6 Å². The second kappa shape index (κ2) is 11.5. The molecule has 0 saturated carbocycles. The number of rotatable bonds is 10. The molecule has 0 saturated heterocycles. The summed E-state index contributed by atoms with van der Waals surface area (Å²) in [4.78, 5) is 23.8. The van der Waals surface area contributed by atoms with E-state index in [0.29, 0.717) is 23.7 Å². The molecule has 0 radical (unpaired) electrons. The third-order valence-corrected chi connectivity index (χ3v) is 6.41. The molecule has 0 aliphatic heterocycles. The molecule has 9 heteroatoms. The number of aryl methyl sites for hydroxylation is 2. The van der Waals surface area contributed by atoms with Crippen molar-refractivity contribution in [3.05, 3.63) is 83.4 Å². The monoisotopic (exact) mass is 496 g/mol. The van der Waals surface area contributed by atoms with Crippen molar-refractivity contribution in [1.29, 1.82) is 0 Å². The third kappa shape index (κ3) is 7.58. The van der Waals surface area contributed by atoms with Crippen molar-refractivity contribution in [3.63, 3.8) is 0 Å². The van der Waals surface area contributed by atoms with Crippen LogP contribution in [0.1, 0.15) is 23.6 Å². The van der Waals surface area contributed by atoms with Crippen LogP contribution in [0.4, 0.5) is 11.4 Å². The van der Waals surface area contributed by atoms with Crippen LogP contribution < -0.4 is 14.8 Å². The van der Waals surface area contributed by atoms with Gasteiger partial charge in [-0.25, -0.2) is 8.42 Å². The first-order valence-corrected chi connectivity index (χ1v) is 12.5. The second-order valence-corrected chi connectivity index (χ2v) is 9.59. The van der Waals surface area contributed by atoms with Crippen LogP contribution in [0.2, 0.25) is 0 Å². The smallest absolute Gasteiger partial charge is 0.310 e. The van der Waals surface area contributed by atoms with Crippen LogP contribution in [-0.4, -0.2) is 33.5 Å². The van der Waals surface area contributed by atoms with E-state index in [0.717, 1.165) is 16.7 Å². The SMILES string of the molecule is CCOC(=O)Cc1ccc(NC(=O)COc2ccc(S(=O)(=O)Nc3cc(C)ccc3C)cc2)cc1. The molecule has 0 fully saturated rings. The molecule has 0 spiro atoms. The number of sulfonamides is 1. The van der Waals surface area contributed by atoms with Gasteiger partial charge in [-0.2, -0.15) is 0 Å². The van der Waals surface area contributed by atoms with Crippen LogP contribution in [0.25, 0.3) is 0 Å². The molecular weight excluding hydrogens is 468 g/mol. The van der Waals surface area contributed by atoms with Crippen molar-refractivity contribution in [3.8, 4) is 5.75 Å². The fourth-order valence-electron chi connectivity index (χ4n) is 3.20. The largest absolute Gasteiger partial charge is 0.484 e. The maximum absolute atomic E-state index is 12.7. The summed E-state index contributed by atoms with van der Waals surface area (Å²) < 4.78 is 38.4. The van der Waals surface area contributed by atoms with Crippen molar-refractivity contribution in [2.45, 2.75) is 32.1 Å². The number of ether oxygens (including phenoxy) is 2. The quantitative estimate of drug-likeness (QED) is 0.407. The molecule has 3 aromatic rings. The normalized spacial score (nSPS) is 10.9. The van der Waals surface area contributed by atoms with Crippen LogP contribution in [0.3, 0.4) is 0 Å². The molecular formula is C26H28N2O6S. The Morgan fingerprint density at radius 3 is 2.26 bits per heavy atom. The summed E-state index contributed by atoms with van der Waals surface area (Å²) >= 11 is 0. The van der Waals surface area contributed by atoms with Crippen LogP contribution in [0, 0.1) is 13.8 Å². The van der Waals surface area contributed by atoms with Crippen molar-refractivity contribution in [2.75, 3.05) is 23.3 Å². The van der Waals surface area contributed by atoms with Gasteiger partial charge in [-0.15, -0.1) is 0 Å². The Balaban J connectivity index is 1.53. The van der Waals surface area contributed by atoms with E-state index in [2.05, 4.69) is 10.0 Å². The Kier molecular flexibility index (Phi) is 8.48. The molecule has 0 aromatic heterocycles. The van der Waals surface area contributed by atoms with Gasteiger partial charge in [0.2, 0.25) is 0 Å². The summed E-state index contributed by atoms with van der Waals surface area (Å²) in [7, 11) is -3.77. The molecule has 35 heavy (non-hydrogen) atoms. The summed E-state index contributed by atoms with van der Waals surface area (Å²) in [5, 5.41) is 2.70. The standard InChI is InChI=1S/C26H28N2O6S/c1-4-33-26(30)16-20-7-9-21(10-8-20)27-25(29)17-34-22-11-13-23(14-12-22)35(31,32)28-24-15-18(2)5-6-19(24)3/h5-15,28H,4,16-17H2,1-3H3,(H,27,29). The van der Waals surface area contributed by atoms with Gasteiger partial charge in [0.05, 0.1) is 23.6 Å². The summed E-state index contributed by atoms with van der Waals surface area (Å²) in [5.74, 6) is -0.329. The highest BCUT2D eigenvalue weighted by Crippen LogP contribution is 2.22. The Bertz CT molecular complexity index is 1290. The average molecular weight is 497 g/mol. The van der Waals surface area contributed by atoms with E-state index in [9.17, 15) is 18.0 Å². The number of carbonyl (C=O) groups excluding carboxylic acids is 2. The van der Waals surface area contributed by atoms with Gasteiger partial charge >= 0.3 is 5.97 Å². The van der Waals surface area contributed by atoms with Crippen molar-refractivity contribution >= 4 is 33.3 Å². The van der Waals surface area contributed by atoms with Gasteiger partial charge < -0.3 is 14.8 Å². The fourth-order valence-corrected chi connectivity index (χ4v) is 4.32. The number of hydrogen-bond acceptors (Lipinski definition) is 6. The average Bonchev–Trinajstić information content (AvgIpc) is 2.82. The molecule has 2 N–H and O–H groups in total. The van der Waals surface area contributed by atoms with Gasteiger partial charge in [0.1, 0.15) is 5.75 Å². The molecule has 0 aliphatic carbocycles. The second-order valence-electron chi connectivity index (χ2n) is 7.91. The van der Waals surface area contributed by atoms with E-state index < -0.39 is 10.0 Å². The molecule has 3 rings (SSSR count). The molecule has 0 bridgehead atoms. The molecule has 184 valence electrons. The lowest BCUT2D eigenvalue weighted by Crippen LogP contribution is -2.20. The van der Waals surface area contributed by atoms with E-state index in [-0.39, 0.29) is 29.8 Å². The molecule has 3 aromatic carbocycles. The molecule has 0 aliphatic rings. The van der Waals surface area contributed by atoms with Gasteiger partial charge in [0, 0.05) is 5.69 Å². The Morgan fingerprint density at radius 2 is 1.60 bits per heavy atom. The van der Waals surface area contributed by atoms with E-state index >= 15 is 0 Å². The number of anilines is 2. The topological polar surface area (TPSA) is 111 Å². The summed E-state index contributed by atoms with van der Waals surface area (Å²) in [6.07, 6.45) is 0.164. The Labute approximate surface area is 205 Å². The number of hydrogen-bond donors (Lipinski definition) is 2. The van der Waals surface area contributed by atoms with Crippen molar-refractivity contribution in [1.82, 2.24) is 0 Å². The lowest BCUT2D eigenvalue weighted by atomic mass is 10.1. The zero-order valence-electron chi connectivity index (χ0n) is 19.8. The predicted octanol–water partition coefficient (Wildman–Crippen LogP) is 4.23. The fraction of sp³-hybridized carbons (Fsp3) is 0.231. The summed E-state index contributed by atoms with van der Waals surface area (Å²) in [6, 6.07) is 18.2. The van der Waals surface area contributed by atoms with Gasteiger partial charge in [0.25, 0.3) is 15.9 Å². The summed E-state index contributed by atoms with van der Waals surface area (Å²) in [5.41, 5.74) is 3.63. The minimum Gasteiger partial charge on any atom is -0.484 e. The first-order valence-electron chi connectivity index (χ1n) is 11.0. The lowest BCUT2D eigenvalue weighted by molar-refractivity contribution is -0.142. The number of amides is 1. The molecule has 1 amide bonds.